The van der Waals surface area contributed by atoms with Gasteiger partial charge in [0.05, 0.1) is 11.8 Å². The van der Waals surface area contributed by atoms with Crippen LogP contribution in [0.2, 0.25) is 0 Å². The highest BCUT2D eigenvalue weighted by Gasteiger charge is 2.39. The summed E-state index contributed by atoms with van der Waals surface area (Å²) in [5.41, 5.74) is -0.554. The fourth-order valence-corrected chi connectivity index (χ4v) is 2.47. The van der Waals surface area contributed by atoms with Crippen LogP contribution in [0.4, 0.5) is 4.39 Å². The largest absolute Gasteiger partial charge is 0.385 e. The third-order valence-corrected chi connectivity index (χ3v) is 3.44. The molecule has 1 aromatic rings. The van der Waals surface area contributed by atoms with Gasteiger partial charge >= 0.3 is 0 Å². The van der Waals surface area contributed by atoms with Gasteiger partial charge in [-0.3, -0.25) is 4.98 Å². The molecule has 2 nitrogen and oxygen atoms in total. The number of nitrogens with zero attached hydrogens (tertiary/aromatic N) is 1. The SMILES string of the molecule is CCC1CCC(O)(c2ccncc2F)C1. The van der Waals surface area contributed by atoms with Crippen LogP contribution in [0, 0.1) is 11.7 Å². The van der Waals surface area contributed by atoms with Crippen LogP contribution in [0.3, 0.4) is 0 Å². The summed E-state index contributed by atoms with van der Waals surface area (Å²) in [5.74, 6) is 0.124. The second-order valence-corrected chi connectivity index (χ2v) is 4.40. The second kappa shape index (κ2) is 3.89. The van der Waals surface area contributed by atoms with E-state index >= 15 is 0 Å². The highest BCUT2D eigenvalue weighted by Crippen LogP contribution is 2.43. The lowest BCUT2D eigenvalue weighted by Crippen LogP contribution is -2.23. The number of hydrogen-bond acceptors (Lipinski definition) is 2. The van der Waals surface area contributed by atoms with Crippen molar-refractivity contribution < 1.29 is 9.50 Å². The molecule has 1 saturated carbocycles. The van der Waals surface area contributed by atoms with Crippen molar-refractivity contribution in [1.29, 1.82) is 0 Å². The maximum Gasteiger partial charge on any atom is 0.147 e. The number of aliphatic hydroxyl groups is 1. The molecule has 2 atom stereocenters. The molecule has 1 N–H and O–H groups in total. The van der Waals surface area contributed by atoms with Gasteiger partial charge in [0.15, 0.2) is 0 Å². The van der Waals surface area contributed by atoms with E-state index in [1.165, 1.54) is 12.4 Å². The summed E-state index contributed by atoms with van der Waals surface area (Å²) in [6.07, 6.45) is 6.07. The molecule has 0 aliphatic heterocycles. The molecule has 0 bridgehead atoms. The van der Waals surface area contributed by atoms with E-state index < -0.39 is 11.4 Å². The minimum absolute atomic E-state index is 0.392. The summed E-state index contributed by atoms with van der Waals surface area (Å²) in [4.78, 5) is 3.70. The molecule has 15 heavy (non-hydrogen) atoms. The fraction of sp³-hybridized carbons (Fsp3) is 0.583. The highest BCUT2D eigenvalue weighted by molar-refractivity contribution is 5.22. The van der Waals surface area contributed by atoms with Crippen molar-refractivity contribution in [1.82, 2.24) is 4.98 Å². The van der Waals surface area contributed by atoms with E-state index in [2.05, 4.69) is 11.9 Å². The van der Waals surface area contributed by atoms with Gasteiger partial charge in [0.2, 0.25) is 0 Å². The molecule has 1 aromatic heterocycles. The lowest BCUT2D eigenvalue weighted by atomic mass is 9.91. The Bertz CT molecular complexity index is 355. The summed E-state index contributed by atoms with van der Waals surface area (Å²) < 4.78 is 13.5. The summed E-state index contributed by atoms with van der Waals surface area (Å²) in [6.45, 7) is 2.11. The monoisotopic (exact) mass is 209 g/mol. The molecule has 3 heteroatoms. The van der Waals surface area contributed by atoms with Gasteiger partial charge in [-0.05, 0) is 31.2 Å². The van der Waals surface area contributed by atoms with Gasteiger partial charge in [0.1, 0.15) is 5.82 Å². The molecule has 1 aliphatic rings. The van der Waals surface area contributed by atoms with Crippen molar-refractivity contribution in [2.75, 3.05) is 0 Å². The van der Waals surface area contributed by atoms with E-state index in [-0.39, 0.29) is 0 Å². The average molecular weight is 209 g/mol. The van der Waals surface area contributed by atoms with Crippen LogP contribution in [0.1, 0.15) is 38.2 Å². The van der Waals surface area contributed by atoms with Gasteiger partial charge in [-0.1, -0.05) is 13.3 Å². The lowest BCUT2D eigenvalue weighted by molar-refractivity contribution is 0.0360. The zero-order valence-electron chi connectivity index (χ0n) is 8.91. The number of rotatable bonds is 2. The first kappa shape index (κ1) is 10.6. The highest BCUT2D eigenvalue weighted by atomic mass is 19.1. The van der Waals surface area contributed by atoms with Gasteiger partial charge in [-0.15, -0.1) is 0 Å². The molecule has 2 rings (SSSR count). The Labute approximate surface area is 89.2 Å². The summed E-state index contributed by atoms with van der Waals surface area (Å²) >= 11 is 0. The quantitative estimate of drug-likeness (QED) is 0.812. The molecule has 0 aromatic carbocycles. The van der Waals surface area contributed by atoms with Crippen LogP contribution < -0.4 is 0 Å². The first-order valence-electron chi connectivity index (χ1n) is 5.48. The molecule has 0 saturated heterocycles. The number of hydrogen-bond donors (Lipinski definition) is 1. The fourth-order valence-electron chi connectivity index (χ4n) is 2.47. The topological polar surface area (TPSA) is 33.1 Å². The zero-order valence-corrected chi connectivity index (χ0v) is 8.91. The summed E-state index contributed by atoms with van der Waals surface area (Å²) in [6, 6.07) is 1.59. The Morgan fingerprint density at radius 2 is 2.47 bits per heavy atom. The Balaban J connectivity index is 2.27. The molecule has 0 spiro atoms. The summed E-state index contributed by atoms with van der Waals surface area (Å²) in [7, 11) is 0. The molecular formula is C12H16FNO. The van der Waals surface area contributed by atoms with Crippen LogP contribution in [0.5, 0.6) is 0 Å². The van der Waals surface area contributed by atoms with E-state index in [0.717, 1.165) is 12.8 Å². The second-order valence-electron chi connectivity index (χ2n) is 4.40. The van der Waals surface area contributed by atoms with Crippen LogP contribution in [0.25, 0.3) is 0 Å². The van der Waals surface area contributed by atoms with E-state index in [4.69, 9.17) is 0 Å². The smallest absolute Gasteiger partial charge is 0.147 e. The molecule has 82 valence electrons. The third-order valence-electron chi connectivity index (χ3n) is 3.44. The van der Waals surface area contributed by atoms with Gasteiger partial charge < -0.3 is 5.11 Å². The van der Waals surface area contributed by atoms with Crippen molar-refractivity contribution in [3.8, 4) is 0 Å². The van der Waals surface area contributed by atoms with Crippen molar-refractivity contribution in [3.05, 3.63) is 29.8 Å². The van der Waals surface area contributed by atoms with Crippen LogP contribution in [-0.4, -0.2) is 10.1 Å². The lowest BCUT2D eigenvalue weighted by Gasteiger charge is -2.23. The Morgan fingerprint density at radius 3 is 3.07 bits per heavy atom. The Hall–Kier alpha value is -0.960. The van der Waals surface area contributed by atoms with Gasteiger partial charge in [-0.2, -0.15) is 0 Å². The molecule has 0 radical (unpaired) electrons. The van der Waals surface area contributed by atoms with Crippen molar-refractivity contribution in [2.45, 2.75) is 38.2 Å². The minimum Gasteiger partial charge on any atom is -0.385 e. The van der Waals surface area contributed by atoms with Gasteiger partial charge in [-0.25, -0.2) is 4.39 Å². The predicted molar refractivity (Wildman–Crippen MR) is 55.7 cm³/mol. The molecule has 1 fully saturated rings. The van der Waals surface area contributed by atoms with Crippen LogP contribution >= 0.6 is 0 Å². The molecular weight excluding hydrogens is 193 g/mol. The number of aromatic nitrogens is 1. The number of halogens is 1. The molecule has 2 unspecified atom stereocenters. The van der Waals surface area contributed by atoms with Crippen molar-refractivity contribution >= 4 is 0 Å². The van der Waals surface area contributed by atoms with E-state index in [0.29, 0.717) is 24.3 Å². The maximum absolute atomic E-state index is 13.5. The maximum atomic E-state index is 13.5. The average Bonchev–Trinajstić information content (AvgIpc) is 2.62. The van der Waals surface area contributed by atoms with Crippen molar-refractivity contribution in [2.24, 2.45) is 5.92 Å². The molecule has 1 heterocycles. The minimum atomic E-state index is -0.965. The van der Waals surface area contributed by atoms with E-state index in [1.54, 1.807) is 6.07 Å². The van der Waals surface area contributed by atoms with Crippen molar-refractivity contribution in [3.63, 3.8) is 0 Å². The first-order valence-corrected chi connectivity index (χ1v) is 5.48. The summed E-state index contributed by atoms with van der Waals surface area (Å²) in [5, 5.41) is 10.4. The Kier molecular flexibility index (Phi) is 2.74. The predicted octanol–water partition coefficient (Wildman–Crippen LogP) is 2.62. The Morgan fingerprint density at radius 1 is 1.67 bits per heavy atom. The van der Waals surface area contributed by atoms with E-state index in [1.807, 2.05) is 0 Å². The van der Waals surface area contributed by atoms with Gasteiger partial charge in [0.25, 0.3) is 0 Å². The zero-order chi connectivity index (χ0) is 10.9. The third kappa shape index (κ3) is 1.88. The van der Waals surface area contributed by atoms with Crippen LogP contribution in [-0.2, 0) is 5.60 Å². The molecule has 1 aliphatic carbocycles. The van der Waals surface area contributed by atoms with Crippen LogP contribution in [0.15, 0.2) is 18.5 Å². The van der Waals surface area contributed by atoms with Gasteiger partial charge in [0, 0.05) is 11.8 Å². The molecule has 0 amide bonds. The normalized spacial score (nSPS) is 30.7. The standard InChI is InChI=1S/C12H16FNO/c1-2-9-3-5-12(15,7-9)10-4-6-14-8-11(10)13/h4,6,8-9,15H,2-3,5,7H2,1H3. The first-order chi connectivity index (χ1) is 7.15. The van der Waals surface area contributed by atoms with E-state index in [9.17, 15) is 9.50 Å². The number of pyridine rings is 1.